The number of carbonyl (C=O) groups is 1. The van der Waals surface area contributed by atoms with Gasteiger partial charge in [-0.2, -0.15) is 0 Å². The first-order chi connectivity index (χ1) is 12.0. The summed E-state index contributed by atoms with van der Waals surface area (Å²) in [6.07, 6.45) is 2.40. The lowest BCUT2D eigenvalue weighted by Crippen LogP contribution is -2.49. The topological polar surface area (TPSA) is 69.7 Å². The molecule has 0 aliphatic carbocycles. The summed E-state index contributed by atoms with van der Waals surface area (Å²) in [6.45, 7) is 4.13. The number of nitrogens with one attached hydrogen (secondary N) is 1. The number of amides is 2. The highest BCUT2D eigenvalue weighted by Crippen LogP contribution is 2.26. The van der Waals surface area contributed by atoms with Crippen molar-refractivity contribution in [3.63, 3.8) is 0 Å². The van der Waals surface area contributed by atoms with Gasteiger partial charge in [-0.3, -0.25) is 0 Å². The molecule has 1 unspecified atom stereocenters. The van der Waals surface area contributed by atoms with E-state index in [0.717, 1.165) is 19.6 Å². The van der Waals surface area contributed by atoms with Crippen LogP contribution in [-0.2, 0) is 9.84 Å². The third kappa shape index (κ3) is 5.19. The molecule has 138 valence electrons. The maximum Gasteiger partial charge on any atom is 0.317 e. The van der Waals surface area contributed by atoms with Gasteiger partial charge in [0.25, 0.3) is 0 Å². The number of benzene rings is 1. The van der Waals surface area contributed by atoms with Crippen LogP contribution in [0.25, 0.3) is 0 Å². The molecule has 1 atom stereocenters. The molecule has 0 spiro atoms. The summed E-state index contributed by atoms with van der Waals surface area (Å²) in [5, 5.41) is 2.93. The number of piperidine rings is 1. The fourth-order valence-corrected chi connectivity index (χ4v) is 4.81. The number of hydrogen-bond donors (Lipinski definition) is 1. The molecular formula is C18H27N3O3S. The van der Waals surface area contributed by atoms with Crippen molar-refractivity contribution in [2.24, 2.45) is 0 Å². The lowest BCUT2D eigenvalue weighted by Gasteiger charge is -2.33. The number of likely N-dealkylation sites (tertiary alicyclic amines) is 1. The Hall–Kier alpha value is -1.60. The molecule has 2 aliphatic rings. The van der Waals surface area contributed by atoms with Gasteiger partial charge in [0.05, 0.1) is 11.5 Å². The van der Waals surface area contributed by atoms with Gasteiger partial charge < -0.3 is 15.1 Å². The second kappa shape index (κ2) is 8.19. The van der Waals surface area contributed by atoms with E-state index >= 15 is 0 Å². The van der Waals surface area contributed by atoms with Gasteiger partial charge in [0, 0.05) is 32.7 Å². The zero-order chi connectivity index (χ0) is 17.7. The Morgan fingerprint density at radius 2 is 1.84 bits per heavy atom. The minimum atomic E-state index is -2.95. The second-order valence-corrected chi connectivity index (χ2v) is 9.22. The quantitative estimate of drug-likeness (QED) is 0.873. The second-order valence-electron chi connectivity index (χ2n) is 6.92. The lowest BCUT2D eigenvalue weighted by molar-refractivity contribution is 0.190. The molecule has 25 heavy (non-hydrogen) atoms. The average molecular weight is 365 g/mol. The van der Waals surface area contributed by atoms with Gasteiger partial charge in [0.2, 0.25) is 0 Å². The van der Waals surface area contributed by atoms with Gasteiger partial charge >= 0.3 is 6.03 Å². The summed E-state index contributed by atoms with van der Waals surface area (Å²) in [4.78, 5) is 16.1. The van der Waals surface area contributed by atoms with E-state index in [4.69, 9.17) is 0 Å². The molecule has 0 radical (unpaired) electrons. The molecule has 0 saturated carbocycles. The Balaban J connectivity index is 1.40. The Labute approximate surface area is 150 Å². The van der Waals surface area contributed by atoms with E-state index in [1.807, 2.05) is 6.07 Å². The number of sulfone groups is 1. The predicted octanol–water partition coefficient (Wildman–Crippen LogP) is 1.31. The maximum absolute atomic E-state index is 12.1. The molecule has 3 rings (SSSR count). The summed E-state index contributed by atoms with van der Waals surface area (Å²) in [5.74, 6) is 0.717. The van der Waals surface area contributed by atoms with Crippen molar-refractivity contribution in [3.8, 4) is 0 Å². The Kier molecular flexibility index (Phi) is 5.96. The van der Waals surface area contributed by atoms with Gasteiger partial charge in [-0.25, -0.2) is 13.2 Å². The molecule has 2 aliphatic heterocycles. The number of nitrogens with zero attached hydrogens (tertiary/aromatic N) is 2. The van der Waals surface area contributed by atoms with Crippen LogP contribution >= 0.6 is 0 Å². The molecule has 2 amide bonds. The van der Waals surface area contributed by atoms with E-state index in [2.05, 4.69) is 34.5 Å². The van der Waals surface area contributed by atoms with Crippen LogP contribution in [0.1, 0.15) is 24.3 Å². The van der Waals surface area contributed by atoms with E-state index in [9.17, 15) is 13.2 Å². The predicted molar refractivity (Wildman–Crippen MR) is 98.5 cm³/mol. The smallest absolute Gasteiger partial charge is 0.317 e. The molecule has 1 N–H and O–H groups in total. The largest absolute Gasteiger partial charge is 0.337 e. The third-order valence-corrected chi connectivity index (χ3v) is 6.72. The van der Waals surface area contributed by atoms with Crippen LogP contribution in [0.5, 0.6) is 0 Å². The molecule has 0 bridgehead atoms. The van der Waals surface area contributed by atoms with Crippen LogP contribution < -0.4 is 5.32 Å². The molecule has 1 aromatic rings. The summed E-state index contributed by atoms with van der Waals surface area (Å²) in [5.41, 5.74) is 1.39. The summed E-state index contributed by atoms with van der Waals surface area (Å²) < 4.78 is 22.8. The summed E-state index contributed by atoms with van der Waals surface area (Å²) in [7, 11) is -2.95. The normalized spacial score (nSPS) is 24.0. The molecule has 6 nitrogen and oxygen atoms in total. The van der Waals surface area contributed by atoms with Crippen molar-refractivity contribution in [2.75, 3.05) is 50.8 Å². The highest BCUT2D eigenvalue weighted by atomic mass is 32.2. The van der Waals surface area contributed by atoms with Crippen molar-refractivity contribution in [2.45, 2.75) is 18.8 Å². The minimum Gasteiger partial charge on any atom is -0.337 e. The Morgan fingerprint density at radius 1 is 1.12 bits per heavy atom. The molecule has 1 aromatic carbocycles. The summed E-state index contributed by atoms with van der Waals surface area (Å²) in [6, 6.07) is 10.5. The van der Waals surface area contributed by atoms with Gasteiger partial charge in [0.1, 0.15) is 0 Å². The zero-order valence-corrected chi connectivity index (χ0v) is 15.4. The molecule has 2 heterocycles. The fraction of sp³-hybridized carbons (Fsp3) is 0.611. The first-order valence-corrected chi connectivity index (χ1v) is 10.9. The monoisotopic (exact) mass is 365 g/mol. The SMILES string of the molecule is O=C(NCCN1CCCC(c2ccccc2)C1)N1CCS(=O)(=O)CC1. The van der Waals surface area contributed by atoms with Crippen molar-refractivity contribution >= 4 is 15.9 Å². The highest BCUT2D eigenvalue weighted by molar-refractivity contribution is 7.91. The van der Waals surface area contributed by atoms with E-state index < -0.39 is 9.84 Å². The number of urea groups is 1. The Morgan fingerprint density at radius 3 is 2.56 bits per heavy atom. The maximum atomic E-state index is 12.1. The van der Waals surface area contributed by atoms with Crippen LogP contribution in [0.15, 0.2) is 30.3 Å². The third-order valence-electron chi connectivity index (χ3n) is 5.11. The van der Waals surface area contributed by atoms with Crippen LogP contribution in [0, 0.1) is 0 Å². The van der Waals surface area contributed by atoms with Crippen molar-refractivity contribution in [1.82, 2.24) is 15.1 Å². The van der Waals surface area contributed by atoms with E-state index in [1.165, 1.54) is 18.4 Å². The number of hydrogen-bond acceptors (Lipinski definition) is 4. The van der Waals surface area contributed by atoms with Crippen LogP contribution in [0.4, 0.5) is 4.79 Å². The zero-order valence-electron chi connectivity index (χ0n) is 14.6. The molecule has 7 heteroatoms. The summed E-state index contributed by atoms with van der Waals surface area (Å²) >= 11 is 0. The van der Waals surface area contributed by atoms with Gasteiger partial charge in [-0.15, -0.1) is 0 Å². The van der Waals surface area contributed by atoms with Crippen molar-refractivity contribution < 1.29 is 13.2 Å². The molecule has 2 fully saturated rings. The van der Waals surface area contributed by atoms with Gasteiger partial charge in [0.15, 0.2) is 9.84 Å². The van der Waals surface area contributed by atoms with Gasteiger partial charge in [-0.05, 0) is 30.9 Å². The van der Waals surface area contributed by atoms with Crippen molar-refractivity contribution in [3.05, 3.63) is 35.9 Å². The van der Waals surface area contributed by atoms with Gasteiger partial charge in [-0.1, -0.05) is 30.3 Å². The minimum absolute atomic E-state index is 0.0747. The lowest BCUT2D eigenvalue weighted by atomic mass is 9.91. The van der Waals surface area contributed by atoms with Crippen LogP contribution in [0.3, 0.4) is 0 Å². The Bertz CT molecular complexity index is 664. The molecule has 2 saturated heterocycles. The number of rotatable bonds is 4. The fourth-order valence-electron chi connectivity index (χ4n) is 3.60. The van der Waals surface area contributed by atoms with Crippen LogP contribution in [0.2, 0.25) is 0 Å². The first-order valence-electron chi connectivity index (χ1n) is 9.04. The molecular weight excluding hydrogens is 338 g/mol. The van der Waals surface area contributed by atoms with Crippen LogP contribution in [-0.4, -0.2) is 75.0 Å². The van der Waals surface area contributed by atoms with E-state index in [1.54, 1.807) is 4.90 Å². The van der Waals surface area contributed by atoms with E-state index in [-0.39, 0.29) is 17.5 Å². The van der Waals surface area contributed by atoms with Crippen molar-refractivity contribution in [1.29, 1.82) is 0 Å². The first kappa shape index (κ1) is 18.2. The number of carbonyl (C=O) groups excluding carboxylic acids is 1. The molecule has 0 aromatic heterocycles. The highest BCUT2D eigenvalue weighted by Gasteiger charge is 2.25. The standard InChI is InChI=1S/C18H27N3O3S/c22-18(21-11-13-25(23,24)14-12-21)19-8-10-20-9-4-7-17(15-20)16-5-2-1-3-6-16/h1-3,5-6,17H,4,7-15H2,(H,19,22). The van der Waals surface area contributed by atoms with E-state index in [0.29, 0.717) is 25.6 Å². The average Bonchev–Trinajstić information content (AvgIpc) is 2.62.